The van der Waals surface area contributed by atoms with E-state index in [9.17, 15) is 4.79 Å². The molecule has 0 fully saturated rings. The molecule has 0 bridgehead atoms. The first-order valence-electron chi connectivity index (χ1n) is 26.4. The Labute approximate surface area is 414 Å². The third kappa shape index (κ3) is 23.7. The summed E-state index contributed by atoms with van der Waals surface area (Å²) in [4.78, 5) is 17.6. The number of benzene rings is 5. The van der Waals surface area contributed by atoms with Crippen LogP contribution in [-0.2, 0) is 0 Å². The lowest BCUT2D eigenvalue weighted by molar-refractivity contribution is 0.0734. The summed E-state index contributed by atoms with van der Waals surface area (Å²) in [6.45, 7) is 6.01. The summed E-state index contributed by atoms with van der Waals surface area (Å²) in [6, 6.07) is 37.0. The van der Waals surface area contributed by atoms with E-state index in [0.717, 1.165) is 65.9 Å². The maximum Gasteiger partial charge on any atom is 0.343 e. The predicted molar refractivity (Wildman–Crippen MR) is 286 cm³/mol. The summed E-state index contributed by atoms with van der Waals surface area (Å²) < 4.78 is 17.6. The van der Waals surface area contributed by atoms with Crippen LogP contribution in [-0.4, -0.2) is 25.4 Å². The number of ether oxygens (including phenoxy) is 3. The van der Waals surface area contributed by atoms with Crippen molar-refractivity contribution in [2.24, 2.45) is 25.4 Å². The van der Waals surface area contributed by atoms with Crippen LogP contribution in [0.5, 0.6) is 17.2 Å². The quantitative estimate of drug-likeness (QED) is 0.0131. The highest BCUT2D eigenvalue weighted by Crippen LogP contribution is 2.26. The molecule has 0 aliphatic rings. The van der Waals surface area contributed by atoms with E-state index < -0.39 is 5.97 Å². The zero-order chi connectivity index (χ0) is 48.2. The van der Waals surface area contributed by atoms with Crippen LogP contribution >= 0.6 is 0 Å². The van der Waals surface area contributed by atoms with Gasteiger partial charge >= 0.3 is 5.97 Å². The van der Waals surface area contributed by atoms with Crippen molar-refractivity contribution in [3.05, 3.63) is 132 Å². The molecule has 0 amide bonds. The van der Waals surface area contributed by atoms with E-state index in [1.165, 1.54) is 141 Å². The Morgan fingerprint density at radius 1 is 0.391 bits per heavy atom. The number of hydrogen-bond acceptors (Lipinski definition) is 9. The zero-order valence-electron chi connectivity index (χ0n) is 41.9. The Bertz CT molecular complexity index is 2200. The Morgan fingerprint density at radius 3 is 1.14 bits per heavy atom. The molecule has 5 rings (SSSR count). The highest BCUT2D eigenvalue weighted by molar-refractivity contribution is 5.91. The lowest BCUT2D eigenvalue weighted by Gasteiger charge is -2.06. The minimum atomic E-state index is -0.467. The Morgan fingerprint density at radius 2 is 0.739 bits per heavy atom. The lowest BCUT2D eigenvalue weighted by Crippen LogP contribution is -2.08. The molecule has 0 heterocycles. The number of esters is 1. The van der Waals surface area contributed by atoms with Crippen molar-refractivity contribution in [1.29, 1.82) is 0 Å². The molecule has 0 aliphatic carbocycles. The zero-order valence-corrected chi connectivity index (χ0v) is 41.9. The fourth-order valence-corrected chi connectivity index (χ4v) is 7.96. The van der Waals surface area contributed by atoms with Gasteiger partial charge in [-0.25, -0.2) is 4.79 Å². The number of rotatable bonds is 36. The molecule has 0 radical (unpaired) electrons. The van der Waals surface area contributed by atoms with E-state index in [2.05, 4.69) is 39.3 Å². The van der Waals surface area contributed by atoms with Crippen molar-refractivity contribution < 1.29 is 19.0 Å². The van der Waals surface area contributed by atoms with Gasteiger partial charge in [-0.3, -0.25) is 4.99 Å². The summed E-state index contributed by atoms with van der Waals surface area (Å²) in [5.74, 6) is 1.65. The van der Waals surface area contributed by atoms with Crippen molar-refractivity contribution in [2.75, 3.05) is 13.2 Å². The monoisotopic (exact) mass is 934 g/mol. The van der Waals surface area contributed by atoms with Gasteiger partial charge in [0.15, 0.2) is 0 Å². The molecule has 0 atom stereocenters. The van der Waals surface area contributed by atoms with Gasteiger partial charge in [-0.15, -0.1) is 0 Å². The highest BCUT2D eigenvalue weighted by Gasteiger charge is 2.09. The second-order valence-electron chi connectivity index (χ2n) is 18.1. The average molecular weight is 934 g/mol. The molecule has 5 aromatic carbocycles. The van der Waals surface area contributed by atoms with Gasteiger partial charge in [0.2, 0.25) is 0 Å². The molecule has 0 unspecified atom stereocenters. The van der Waals surface area contributed by atoms with Gasteiger partial charge in [0, 0.05) is 6.21 Å². The number of carbonyl (C=O) groups is 1. The summed E-state index contributed by atoms with van der Waals surface area (Å²) in [5, 5.41) is 17.5. The average Bonchev–Trinajstić information content (AvgIpc) is 3.38. The highest BCUT2D eigenvalue weighted by atomic mass is 16.5. The molecule has 69 heavy (non-hydrogen) atoms. The summed E-state index contributed by atoms with van der Waals surface area (Å²) >= 11 is 0. The maximum atomic E-state index is 13.0. The molecule has 0 N–H and O–H groups in total. The maximum absolute atomic E-state index is 13.0. The van der Waals surface area contributed by atoms with Crippen molar-refractivity contribution in [1.82, 2.24) is 0 Å². The minimum absolute atomic E-state index is 0.409. The standard InChI is InChI=1S/C60H79N5O4/c1-3-5-7-9-11-13-15-16-17-18-20-22-24-26-47-67-57-42-38-55(39-43-57)64-62-53-32-30-51(31-33-53)60(66)69-59-29-27-28-50(48-59)49-61-52-34-36-54(37-35-52)63-65-56-40-44-58(45-41-56)68-46-25-23-21-19-14-12-10-8-6-4-2/h27-45,48-49H,3-26,46-47H2,1-2H3. The van der Waals surface area contributed by atoms with Crippen LogP contribution in [0.2, 0.25) is 0 Å². The Kier molecular flexibility index (Phi) is 26.9. The van der Waals surface area contributed by atoms with Crippen LogP contribution in [0.4, 0.5) is 28.4 Å². The molecular formula is C60H79N5O4. The number of carbonyl (C=O) groups excluding carboxylic acids is 1. The second kappa shape index (κ2) is 34.3. The Balaban J connectivity index is 0.938. The van der Waals surface area contributed by atoms with E-state index in [4.69, 9.17) is 14.2 Å². The molecule has 368 valence electrons. The molecule has 0 saturated heterocycles. The summed E-state index contributed by atoms with van der Waals surface area (Å²) in [6.07, 6.45) is 33.7. The smallest absolute Gasteiger partial charge is 0.343 e. The molecule has 5 aromatic rings. The number of aliphatic imine (C=N–C) groups is 1. The minimum Gasteiger partial charge on any atom is -0.494 e. The number of unbranched alkanes of at least 4 members (excludes halogenated alkanes) is 22. The van der Waals surface area contributed by atoms with Crippen molar-refractivity contribution in [3.63, 3.8) is 0 Å². The summed E-state index contributed by atoms with van der Waals surface area (Å²) in [7, 11) is 0. The van der Waals surface area contributed by atoms with Crippen LogP contribution in [0.15, 0.2) is 147 Å². The van der Waals surface area contributed by atoms with Gasteiger partial charge in [-0.2, -0.15) is 20.5 Å². The van der Waals surface area contributed by atoms with E-state index >= 15 is 0 Å². The fourth-order valence-electron chi connectivity index (χ4n) is 7.96. The third-order valence-electron chi connectivity index (χ3n) is 12.2. The molecule has 9 nitrogen and oxygen atoms in total. The van der Waals surface area contributed by atoms with Crippen molar-refractivity contribution >= 4 is 40.6 Å². The number of azo groups is 2. The van der Waals surface area contributed by atoms with E-state index in [1.54, 1.807) is 42.6 Å². The van der Waals surface area contributed by atoms with E-state index in [1.807, 2.05) is 84.9 Å². The van der Waals surface area contributed by atoms with Gasteiger partial charge in [0.25, 0.3) is 0 Å². The van der Waals surface area contributed by atoms with Crippen molar-refractivity contribution in [2.45, 2.75) is 168 Å². The molecule has 0 saturated carbocycles. The van der Waals surface area contributed by atoms with Gasteiger partial charge in [0.1, 0.15) is 17.2 Å². The lowest BCUT2D eigenvalue weighted by atomic mass is 10.0. The SMILES string of the molecule is CCCCCCCCCCCCCCCCOc1ccc(N=Nc2ccc(C(=O)Oc3cccc(C=Nc4ccc(N=Nc5ccc(OCCCCCCCCCCCC)cc5)cc4)c3)cc2)cc1. The molecule has 0 aliphatic heterocycles. The molecule has 0 aromatic heterocycles. The molecule has 0 spiro atoms. The Hall–Kier alpha value is -5.96. The normalized spacial score (nSPS) is 11.6. The van der Waals surface area contributed by atoms with Crippen LogP contribution in [0.1, 0.15) is 184 Å². The third-order valence-corrected chi connectivity index (χ3v) is 12.2. The topological polar surface area (TPSA) is 107 Å². The number of hydrogen-bond donors (Lipinski definition) is 0. The fraction of sp³-hybridized carbons (Fsp3) is 0.467. The first-order chi connectivity index (χ1) is 34.1. The molecule has 9 heteroatoms. The van der Waals surface area contributed by atoms with Crippen molar-refractivity contribution in [3.8, 4) is 17.2 Å². The van der Waals surface area contributed by atoms with Crippen LogP contribution in [0.3, 0.4) is 0 Å². The summed E-state index contributed by atoms with van der Waals surface area (Å²) in [5.41, 5.74) is 4.80. The van der Waals surface area contributed by atoms with Gasteiger partial charge < -0.3 is 14.2 Å². The van der Waals surface area contributed by atoms with Gasteiger partial charge in [0.05, 0.1) is 47.2 Å². The van der Waals surface area contributed by atoms with Gasteiger partial charge in [-0.1, -0.05) is 167 Å². The van der Waals surface area contributed by atoms with Crippen LogP contribution in [0, 0.1) is 0 Å². The van der Waals surface area contributed by atoms with E-state index in [-0.39, 0.29) is 0 Å². The van der Waals surface area contributed by atoms with E-state index in [0.29, 0.717) is 17.0 Å². The van der Waals surface area contributed by atoms with Crippen LogP contribution < -0.4 is 14.2 Å². The number of nitrogens with zero attached hydrogens (tertiary/aromatic N) is 5. The first kappa shape index (κ1) is 54.0. The predicted octanol–water partition coefficient (Wildman–Crippen LogP) is 19.6. The van der Waals surface area contributed by atoms with Gasteiger partial charge in [-0.05, 0) is 128 Å². The second-order valence-corrected chi connectivity index (χ2v) is 18.1. The first-order valence-corrected chi connectivity index (χ1v) is 26.4. The van der Waals surface area contributed by atoms with Crippen LogP contribution in [0.25, 0.3) is 0 Å². The molecular weight excluding hydrogens is 855 g/mol. The largest absolute Gasteiger partial charge is 0.494 e.